The maximum Gasteiger partial charge on any atom is 0.0693 e. The minimum atomic E-state index is 0.185. The molecule has 1 saturated heterocycles. The lowest BCUT2D eigenvalue weighted by molar-refractivity contribution is -0.0840. The maximum absolute atomic E-state index is 5.71. The lowest BCUT2D eigenvalue weighted by atomic mass is 9.75. The van der Waals surface area contributed by atoms with Gasteiger partial charge in [-0.25, -0.2) is 0 Å². The Hall–Kier alpha value is -0.120. The summed E-state index contributed by atoms with van der Waals surface area (Å²) in [5, 5.41) is 3.45. The zero-order valence-electron chi connectivity index (χ0n) is 11.3. The monoisotopic (exact) mass is 241 g/mol. The molecule has 2 aliphatic rings. The summed E-state index contributed by atoms with van der Waals surface area (Å²) in [6.45, 7) is 0.969. The van der Waals surface area contributed by atoms with Crippen molar-refractivity contribution in [2.45, 2.75) is 69.1 Å². The fourth-order valence-corrected chi connectivity index (χ4v) is 3.12. The van der Waals surface area contributed by atoms with E-state index < -0.39 is 0 Å². The summed E-state index contributed by atoms with van der Waals surface area (Å²) in [7, 11) is 3.94. The van der Waals surface area contributed by atoms with Crippen LogP contribution in [0.2, 0.25) is 0 Å². The van der Waals surface area contributed by atoms with Crippen molar-refractivity contribution >= 4 is 0 Å². The third-order valence-electron chi connectivity index (χ3n) is 4.59. The molecule has 1 aliphatic carbocycles. The van der Waals surface area contributed by atoms with Gasteiger partial charge in [-0.3, -0.25) is 0 Å². The van der Waals surface area contributed by atoms with Gasteiger partial charge in [0.2, 0.25) is 0 Å². The van der Waals surface area contributed by atoms with Gasteiger partial charge in [0.1, 0.15) is 0 Å². The van der Waals surface area contributed by atoms with Crippen molar-refractivity contribution in [3.63, 3.8) is 0 Å². The Balaban J connectivity index is 1.71. The minimum absolute atomic E-state index is 0.185. The first-order valence-electron chi connectivity index (χ1n) is 7.12. The summed E-state index contributed by atoms with van der Waals surface area (Å²) in [5.41, 5.74) is 0.185. The average Bonchev–Trinajstić information content (AvgIpc) is 2.80. The molecule has 2 rings (SSSR count). The van der Waals surface area contributed by atoms with E-state index in [0.717, 1.165) is 13.0 Å². The van der Waals surface area contributed by atoms with E-state index in [1.807, 2.05) is 7.11 Å². The fourth-order valence-electron chi connectivity index (χ4n) is 3.12. The molecule has 2 fully saturated rings. The maximum atomic E-state index is 5.71. The fraction of sp³-hybridized carbons (Fsp3) is 1.00. The molecule has 2 atom stereocenters. The van der Waals surface area contributed by atoms with Crippen molar-refractivity contribution in [2.24, 2.45) is 0 Å². The van der Waals surface area contributed by atoms with E-state index in [1.54, 1.807) is 0 Å². The molecule has 1 aliphatic heterocycles. The number of ether oxygens (including phenoxy) is 2. The summed E-state index contributed by atoms with van der Waals surface area (Å²) in [5.74, 6) is 0. The van der Waals surface area contributed by atoms with Crippen molar-refractivity contribution < 1.29 is 9.47 Å². The molecule has 0 bridgehead atoms. The Morgan fingerprint density at radius 2 is 2.24 bits per heavy atom. The van der Waals surface area contributed by atoms with E-state index in [4.69, 9.17) is 9.47 Å². The Labute approximate surface area is 105 Å². The highest BCUT2D eigenvalue weighted by Crippen LogP contribution is 2.39. The SMILES string of the molecule is CNC(CCC1CCCO1)CC1(OC)CCC1. The normalized spacial score (nSPS) is 28.9. The third-order valence-corrected chi connectivity index (χ3v) is 4.59. The molecule has 0 aromatic rings. The van der Waals surface area contributed by atoms with Gasteiger partial charge in [0.05, 0.1) is 11.7 Å². The molecular weight excluding hydrogens is 214 g/mol. The lowest BCUT2D eigenvalue weighted by Gasteiger charge is -2.43. The van der Waals surface area contributed by atoms with Crippen LogP contribution in [0.15, 0.2) is 0 Å². The lowest BCUT2D eigenvalue weighted by Crippen LogP contribution is -2.45. The van der Waals surface area contributed by atoms with Gasteiger partial charge in [-0.1, -0.05) is 0 Å². The van der Waals surface area contributed by atoms with Gasteiger partial charge in [0.15, 0.2) is 0 Å². The van der Waals surface area contributed by atoms with Gasteiger partial charge >= 0.3 is 0 Å². The summed E-state index contributed by atoms with van der Waals surface area (Å²) < 4.78 is 11.4. The van der Waals surface area contributed by atoms with Gasteiger partial charge in [-0.05, 0) is 58.4 Å². The van der Waals surface area contributed by atoms with E-state index in [1.165, 1.54) is 44.9 Å². The number of hydrogen-bond acceptors (Lipinski definition) is 3. The second kappa shape index (κ2) is 6.17. The van der Waals surface area contributed by atoms with Gasteiger partial charge in [0.25, 0.3) is 0 Å². The molecule has 0 radical (unpaired) electrons. The molecule has 0 aromatic heterocycles. The minimum Gasteiger partial charge on any atom is -0.378 e. The van der Waals surface area contributed by atoms with Crippen LogP contribution < -0.4 is 5.32 Å². The molecule has 17 heavy (non-hydrogen) atoms. The van der Waals surface area contributed by atoms with Crippen molar-refractivity contribution in [2.75, 3.05) is 20.8 Å². The summed E-state index contributed by atoms with van der Waals surface area (Å²) in [6.07, 6.45) is 10.4. The highest BCUT2D eigenvalue weighted by Gasteiger charge is 2.38. The molecule has 1 saturated carbocycles. The Kier molecular flexibility index (Phi) is 4.83. The second-order valence-electron chi connectivity index (χ2n) is 5.64. The Morgan fingerprint density at radius 3 is 2.71 bits per heavy atom. The Bertz CT molecular complexity index is 217. The van der Waals surface area contributed by atoms with Gasteiger partial charge < -0.3 is 14.8 Å². The van der Waals surface area contributed by atoms with Crippen LogP contribution in [0.4, 0.5) is 0 Å². The standard InChI is InChI=1S/C14H27NO2/c1-15-12(6-7-13-5-3-10-17-13)11-14(16-2)8-4-9-14/h12-13,15H,3-11H2,1-2H3. The van der Waals surface area contributed by atoms with Crippen molar-refractivity contribution in [3.8, 4) is 0 Å². The zero-order chi connectivity index (χ0) is 12.1. The predicted molar refractivity (Wildman–Crippen MR) is 69.3 cm³/mol. The summed E-state index contributed by atoms with van der Waals surface area (Å²) in [4.78, 5) is 0. The Morgan fingerprint density at radius 1 is 1.41 bits per heavy atom. The molecule has 1 N–H and O–H groups in total. The van der Waals surface area contributed by atoms with E-state index in [0.29, 0.717) is 12.1 Å². The second-order valence-corrected chi connectivity index (χ2v) is 5.64. The van der Waals surface area contributed by atoms with Crippen LogP contribution in [0, 0.1) is 0 Å². The molecule has 3 nitrogen and oxygen atoms in total. The van der Waals surface area contributed by atoms with Gasteiger partial charge in [-0.2, -0.15) is 0 Å². The van der Waals surface area contributed by atoms with Crippen LogP contribution >= 0.6 is 0 Å². The van der Waals surface area contributed by atoms with Crippen molar-refractivity contribution in [3.05, 3.63) is 0 Å². The van der Waals surface area contributed by atoms with Crippen LogP contribution in [0.25, 0.3) is 0 Å². The first kappa shape index (κ1) is 13.3. The van der Waals surface area contributed by atoms with Crippen molar-refractivity contribution in [1.29, 1.82) is 0 Å². The van der Waals surface area contributed by atoms with Crippen LogP contribution in [0.1, 0.15) is 51.4 Å². The largest absolute Gasteiger partial charge is 0.378 e. The van der Waals surface area contributed by atoms with Crippen LogP contribution in [0.3, 0.4) is 0 Å². The predicted octanol–water partition coefficient (Wildman–Crippen LogP) is 2.49. The first-order valence-corrected chi connectivity index (χ1v) is 7.12. The highest BCUT2D eigenvalue weighted by atomic mass is 16.5. The van der Waals surface area contributed by atoms with Crippen molar-refractivity contribution in [1.82, 2.24) is 5.32 Å². The topological polar surface area (TPSA) is 30.5 Å². The number of hydrogen-bond donors (Lipinski definition) is 1. The third kappa shape index (κ3) is 3.43. The van der Waals surface area contributed by atoms with E-state index in [9.17, 15) is 0 Å². The summed E-state index contributed by atoms with van der Waals surface area (Å²) >= 11 is 0. The smallest absolute Gasteiger partial charge is 0.0693 e. The number of rotatable bonds is 7. The van der Waals surface area contributed by atoms with Crippen LogP contribution in [0.5, 0.6) is 0 Å². The highest BCUT2D eigenvalue weighted by molar-refractivity contribution is 4.93. The summed E-state index contributed by atoms with van der Waals surface area (Å²) in [6, 6.07) is 0.583. The average molecular weight is 241 g/mol. The van der Waals surface area contributed by atoms with Crippen LogP contribution in [-0.2, 0) is 9.47 Å². The molecule has 3 heteroatoms. The van der Waals surface area contributed by atoms with E-state index in [-0.39, 0.29) is 5.60 Å². The van der Waals surface area contributed by atoms with Gasteiger partial charge in [-0.15, -0.1) is 0 Å². The molecule has 1 heterocycles. The molecular formula is C14H27NO2. The number of nitrogens with one attached hydrogen (secondary N) is 1. The van der Waals surface area contributed by atoms with Gasteiger partial charge in [0, 0.05) is 19.8 Å². The van der Waals surface area contributed by atoms with Crippen LogP contribution in [-0.4, -0.2) is 38.5 Å². The zero-order valence-corrected chi connectivity index (χ0v) is 11.3. The molecule has 0 aromatic carbocycles. The molecule has 0 spiro atoms. The van der Waals surface area contributed by atoms with E-state index in [2.05, 4.69) is 12.4 Å². The number of methoxy groups -OCH3 is 1. The molecule has 0 amide bonds. The quantitative estimate of drug-likeness (QED) is 0.743. The molecule has 2 unspecified atom stereocenters. The van der Waals surface area contributed by atoms with E-state index >= 15 is 0 Å². The first-order chi connectivity index (χ1) is 8.28. The molecule has 100 valence electrons.